The molecule has 0 saturated heterocycles. The Balaban J connectivity index is 0.000000500. The molecule has 2 aromatic heterocycles. The summed E-state index contributed by atoms with van der Waals surface area (Å²) in [6.45, 7) is 9.07. The molecule has 0 aliphatic heterocycles. The predicted molar refractivity (Wildman–Crippen MR) is 108 cm³/mol. The van der Waals surface area contributed by atoms with Crippen LogP contribution in [0.15, 0.2) is 49.2 Å². The molecule has 8 heteroatoms. The number of aryl methyl sites for hydroxylation is 1. The Kier molecular flexibility index (Phi) is 6.93. The van der Waals surface area contributed by atoms with Crippen molar-refractivity contribution in [1.82, 2.24) is 9.55 Å². The van der Waals surface area contributed by atoms with Crippen LogP contribution in [0.25, 0.3) is 10.9 Å². The molecule has 0 aliphatic carbocycles. The molecule has 6 nitrogen and oxygen atoms in total. The van der Waals surface area contributed by atoms with Gasteiger partial charge in [0, 0.05) is 23.8 Å². The molecule has 0 amide bonds. The summed E-state index contributed by atoms with van der Waals surface area (Å²) in [4.78, 5) is 4.39. The van der Waals surface area contributed by atoms with Crippen LogP contribution >= 0.6 is 0 Å². The number of ether oxygens (including phenoxy) is 1. The summed E-state index contributed by atoms with van der Waals surface area (Å²) in [6.07, 6.45) is 4.34. The van der Waals surface area contributed by atoms with Gasteiger partial charge in [-0.3, -0.25) is 4.55 Å². The van der Waals surface area contributed by atoms with Crippen molar-refractivity contribution in [2.24, 2.45) is 0 Å². The maximum absolute atomic E-state index is 13.0. The van der Waals surface area contributed by atoms with Gasteiger partial charge in [-0.15, -0.1) is 6.58 Å². The van der Waals surface area contributed by atoms with Gasteiger partial charge in [-0.2, -0.15) is 8.42 Å². The van der Waals surface area contributed by atoms with Crippen LogP contribution in [-0.4, -0.2) is 28.8 Å². The summed E-state index contributed by atoms with van der Waals surface area (Å²) in [6, 6.07) is 8.30. The lowest BCUT2D eigenvalue weighted by molar-refractivity contribution is 0.296. The van der Waals surface area contributed by atoms with E-state index in [1.807, 2.05) is 12.1 Å². The normalized spacial score (nSPS) is 11.0. The Labute approximate surface area is 164 Å². The van der Waals surface area contributed by atoms with Crippen molar-refractivity contribution < 1.29 is 22.1 Å². The van der Waals surface area contributed by atoms with E-state index in [4.69, 9.17) is 9.29 Å². The Bertz CT molecular complexity index is 1070. The zero-order valence-corrected chi connectivity index (χ0v) is 16.8. The van der Waals surface area contributed by atoms with Crippen molar-refractivity contribution in [2.75, 3.05) is 6.26 Å². The summed E-state index contributed by atoms with van der Waals surface area (Å²) in [5.41, 5.74) is 4.28. The minimum absolute atomic E-state index is 0.250. The molecule has 1 aromatic carbocycles. The molecule has 0 fully saturated rings. The quantitative estimate of drug-likeness (QED) is 0.510. The van der Waals surface area contributed by atoms with E-state index < -0.39 is 10.1 Å². The third kappa shape index (κ3) is 5.64. The summed E-state index contributed by atoms with van der Waals surface area (Å²) >= 11 is 0. The second kappa shape index (κ2) is 8.99. The number of nitrogens with zero attached hydrogens (tertiary/aromatic N) is 2. The first-order valence-corrected chi connectivity index (χ1v) is 10.3. The maximum Gasteiger partial charge on any atom is 0.261 e. The van der Waals surface area contributed by atoms with Crippen LogP contribution in [0.2, 0.25) is 0 Å². The maximum atomic E-state index is 13.0. The van der Waals surface area contributed by atoms with E-state index in [1.54, 1.807) is 18.3 Å². The van der Waals surface area contributed by atoms with Gasteiger partial charge in [-0.05, 0) is 43.2 Å². The zero-order valence-electron chi connectivity index (χ0n) is 16.0. The Hall–Kier alpha value is -2.71. The number of hydrogen-bond donors (Lipinski definition) is 1. The molecular weight excluding hydrogens is 383 g/mol. The van der Waals surface area contributed by atoms with E-state index in [-0.39, 0.29) is 5.82 Å². The lowest BCUT2D eigenvalue weighted by atomic mass is 10.2. The van der Waals surface area contributed by atoms with E-state index in [2.05, 4.69) is 30.0 Å². The van der Waals surface area contributed by atoms with Crippen LogP contribution in [-0.2, 0) is 23.3 Å². The molecule has 0 radical (unpaired) electrons. The van der Waals surface area contributed by atoms with Gasteiger partial charge in [-0.1, -0.05) is 18.2 Å². The smallest absolute Gasteiger partial charge is 0.261 e. The number of aromatic nitrogens is 2. The minimum Gasteiger partial charge on any atom is -0.471 e. The molecule has 2 heterocycles. The van der Waals surface area contributed by atoms with Crippen LogP contribution in [0.5, 0.6) is 5.88 Å². The van der Waals surface area contributed by atoms with Crippen molar-refractivity contribution in [3.05, 3.63) is 71.8 Å². The van der Waals surface area contributed by atoms with Crippen LogP contribution in [0.3, 0.4) is 0 Å². The largest absolute Gasteiger partial charge is 0.471 e. The number of benzene rings is 1. The first-order valence-electron chi connectivity index (χ1n) is 8.46. The standard InChI is InChI=1S/C19H19FN2O.CH4O3S/c1-4-11-22-14(3)13(2)17-9-10-21-19(18(17)22)23-12-15-5-7-16(20)8-6-15;1-5(2,3)4/h4-10H,1,11-12H2,2-3H3;1H3,(H,2,3,4). The highest BCUT2D eigenvalue weighted by molar-refractivity contribution is 7.85. The first-order chi connectivity index (χ1) is 13.1. The first kappa shape index (κ1) is 21.6. The average Bonchev–Trinajstić information content (AvgIpc) is 2.86. The topological polar surface area (TPSA) is 81.4 Å². The molecule has 3 aromatic rings. The molecule has 0 bridgehead atoms. The van der Waals surface area contributed by atoms with Gasteiger partial charge in [0.05, 0.1) is 6.26 Å². The number of pyridine rings is 1. The van der Waals surface area contributed by atoms with Crippen LogP contribution in [0.4, 0.5) is 4.39 Å². The highest BCUT2D eigenvalue weighted by atomic mass is 32.2. The molecule has 0 saturated carbocycles. The minimum atomic E-state index is -3.67. The van der Waals surface area contributed by atoms with Gasteiger partial charge in [0.25, 0.3) is 10.1 Å². The molecular formula is C20H23FN2O4S. The summed E-state index contributed by atoms with van der Waals surface area (Å²) in [7, 11) is -3.67. The van der Waals surface area contributed by atoms with Gasteiger partial charge in [0.2, 0.25) is 5.88 Å². The Morgan fingerprint density at radius 3 is 2.43 bits per heavy atom. The molecule has 3 rings (SSSR count). The van der Waals surface area contributed by atoms with Crippen LogP contribution < -0.4 is 4.74 Å². The highest BCUT2D eigenvalue weighted by Crippen LogP contribution is 2.31. The van der Waals surface area contributed by atoms with E-state index in [1.165, 1.54) is 23.4 Å². The third-order valence-corrected chi connectivity index (χ3v) is 4.11. The molecule has 150 valence electrons. The number of fused-ring (bicyclic) bond motifs is 1. The monoisotopic (exact) mass is 406 g/mol. The average molecular weight is 406 g/mol. The number of hydrogen-bond acceptors (Lipinski definition) is 4. The molecule has 0 spiro atoms. The zero-order chi connectivity index (χ0) is 20.9. The fraction of sp³-hybridized carbons (Fsp3) is 0.250. The fourth-order valence-corrected chi connectivity index (χ4v) is 2.76. The van der Waals surface area contributed by atoms with E-state index >= 15 is 0 Å². The molecule has 0 aliphatic rings. The van der Waals surface area contributed by atoms with Gasteiger partial charge in [0.1, 0.15) is 17.9 Å². The number of rotatable bonds is 5. The van der Waals surface area contributed by atoms with E-state index in [9.17, 15) is 12.8 Å². The lowest BCUT2D eigenvalue weighted by Gasteiger charge is -2.10. The number of halogens is 1. The second-order valence-electron chi connectivity index (χ2n) is 6.27. The van der Waals surface area contributed by atoms with Gasteiger partial charge >= 0.3 is 0 Å². The van der Waals surface area contributed by atoms with E-state index in [0.717, 1.165) is 16.5 Å². The fourth-order valence-electron chi connectivity index (χ4n) is 2.76. The van der Waals surface area contributed by atoms with Crippen molar-refractivity contribution in [1.29, 1.82) is 0 Å². The van der Waals surface area contributed by atoms with Crippen molar-refractivity contribution in [2.45, 2.75) is 27.0 Å². The Morgan fingerprint density at radius 1 is 1.25 bits per heavy atom. The van der Waals surface area contributed by atoms with Crippen molar-refractivity contribution in [3.8, 4) is 5.88 Å². The molecule has 1 N–H and O–H groups in total. The molecule has 0 atom stereocenters. The summed E-state index contributed by atoms with van der Waals surface area (Å²) < 4.78 is 46.9. The van der Waals surface area contributed by atoms with Gasteiger partial charge in [-0.25, -0.2) is 9.37 Å². The predicted octanol–water partition coefficient (Wildman–Crippen LogP) is 4.06. The Morgan fingerprint density at radius 2 is 1.86 bits per heavy atom. The number of allylic oxidation sites excluding steroid dienone is 1. The second-order valence-corrected chi connectivity index (χ2v) is 7.74. The van der Waals surface area contributed by atoms with Gasteiger partial charge < -0.3 is 9.30 Å². The summed E-state index contributed by atoms with van der Waals surface area (Å²) in [5.74, 6) is 0.338. The molecule has 0 unspecified atom stereocenters. The van der Waals surface area contributed by atoms with Crippen LogP contribution in [0, 0.1) is 19.7 Å². The summed E-state index contributed by atoms with van der Waals surface area (Å²) in [5, 5.41) is 1.13. The SMILES string of the molecule is C=CCn1c(C)c(C)c2ccnc(OCc3ccc(F)cc3)c21.CS(=O)(=O)O. The molecule has 28 heavy (non-hydrogen) atoms. The van der Waals surface area contributed by atoms with Crippen molar-refractivity contribution >= 4 is 21.0 Å². The lowest BCUT2D eigenvalue weighted by Crippen LogP contribution is -2.02. The van der Waals surface area contributed by atoms with E-state index in [0.29, 0.717) is 25.3 Å². The third-order valence-electron chi connectivity index (χ3n) is 4.11. The van der Waals surface area contributed by atoms with Crippen LogP contribution in [0.1, 0.15) is 16.8 Å². The van der Waals surface area contributed by atoms with Crippen molar-refractivity contribution in [3.63, 3.8) is 0 Å². The van der Waals surface area contributed by atoms with Gasteiger partial charge in [0.15, 0.2) is 0 Å². The highest BCUT2D eigenvalue weighted by Gasteiger charge is 2.15.